The van der Waals surface area contributed by atoms with Crippen LogP contribution in [0.2, 0.25) is 0 Å². The second-order valence-electron chi connectivity index (χ2n) is 6.62. The zero-order valence-corrected chi connectivity index (χ0v) is 17.9. The van der Waals surface area contributed by atoms with Crippen LogP contribution in [0.1, 0.15) is 21.6 Å². The number of fused-ring (bicyclic) bond motifs is 1. The third-order valence-electron chi connectivity index (χ3n) is 4.41. The molecule has 30 heavy (non-hydrogen) atoms. The van der Waals surface area contributed by atoms with E-state index >= 15 is 0 Å². The lowest BCUT2D eigenvalue weighted by Gasteiger charge is -2.08. The van der Waals surface area contributed by atoms with Gasteiger partial charge in [0.1, 0.15) is 5.75 Å². The highest BCUT2D eigenvalue weighted by atomic mass is 32.2. The fraction of sp³-hybridized carbons (Fsp3) is 0.227. The fourth-order valence-corrected chi connectivity index (χ4v) is 4.82. The molecule has 1 heterocycles. The van der Waals surface area contributed by atoms with Gasteiger partial charge in [-0.05, 0) is 72.8 Å². The van der Waals surface area contributed by atoms with E-state index in [4.69, 9.17) is 9.84 Å². The summed E-state index contributed by atoms with van der Waals surface area (Å²) in [5.74, 6) is 0.205. The van der Waals surface area contributed by atoms with Crippen LogP contribution in [0.25, 0.3) is 16.2 Å². The number of benzene rings is 2. The largest absolute Gasteiger partial charge is 0.482 e. The number of carboxylic acids is 1. The molecule has 0 unspecified atom stereocenters. The summed E-state index contributed by atoms with van der Waals surface area (Å²) in [6.45, 7) is 3.31. The van der Waals surface area contributed by atoms with Crippen molar-refractivity contribution >= 4 is 45.2 Å². The molecule has 0 aliphatic rings. The Hall–Kier alpha value is -2.45. The molecule has 3 aromatic rings. The van der Waals surface area contributed by atoms with Crippen LogP contribution in [0, 0.1) is 13.8 Å². The molecule has 0 bridgehead atoms. The number of carbonyl (C=O) groups is 1. The van der Waals surface area contributed by atoms with Gasteiger partial charge in [0.05, 0.1) is 5.56 Å². The van der Waals surface area contributed by atoms with Crippen LogP contribution in [-0.2, 0) is 11.0 Å². The van der Waals surface area contributed by atoms with Crippen molar-refractivity contribution in [1.29, 1.82) is 0 Å². The van der Waals surface area contributed by atoms with Crippen LogP contribution in [-0.4, -0.2) is 23.4 Å². The maximum atomic E-state index is 12.9. The van der Waals surface area contributed by atoms with E-state index in [9.17, 15) is 18.0 Å². The van der Waals surface area contributed by atoms with Gasteiger partial charge in [-0.15, -0.1) is 23.1 Å². The third kappa shape index (κ3) is 5.37. The number of thiophene rings is 1. The second kappa shape index (κ2) is 9.14. The van der Waals surface area contributed by atoms with E-state index in [0.717, 1.165) is 31.7 Å². The first kappa shape index (κ1) is 22.2. The number of rotatable bonds is 7. The van der Waals surface area contributed by atoms with E-state index in [1.807, 2.05) is 38.1 Å². The highest BCUT2D eigenvalue weighted by Crippen LogP contribution is 2.37. The number of aliphatic carboxylic acids is 1. The monoisotopic (exact) mass is 452 g/mol. The summed E-state index contributed by atoms with van der Waals surface area (Å²) < 4.78 is 44.9. The van der Waals surface area contributed by atoms with Gasteiger partial charge in [-0.2, -0.15) is 13.2 Å². The zero-order chi connectivity index (χ0) is 21.9. The first-order valence-corrected chi connectivity index (χ1v) is 10.8. The Bertz CT molecular complexity index is 1100. The number of ether oxygens (including phenoxy) is 1. The van der Waals surface area contributed by atoms with Crippen molar-refractivity contribution in [2.24, 2.45) is 0 Å². The maximum absolute atomic E-state index is 12.9. The molecule has 0 radical (unpaired) electrons. The van der Waals surface area contributed by atoms with Crippen LogP contribution in [0.5, 0.6) is 5.75 Å². The average Bonchev–Trinajstić information content (AvgIpc) is 2.99. The molecule has 3 rings (SSSR count). The van der Waals surface area contributed by atoms with Gasteiger partial charge in [0.25, 0.3) is 0 Å². The van der Waals surface area contributed by atoms with Gasteiger partial charge in [0, 0.05) is 20.2 Å². The van der Waals surface area contributed by atoms with Gasteiger partial charge in [0.2, 0.25) is 0 Å². The Morgan fingerprint density at radius 2 is 1.97 bits per heavy atom. The van der Waals surface area contributed by atoms with Gasteiger partial charge in [0.15, 0.2) is 6.61 Å². The van der Waals surface area contributed by atoms with Gasteiger partial charge in [-0.3, -0.25) is 0 Å². The minimum absolute atomic E-state index is 0.380. The third-order valence-corrected chi connectivity index (χ3v) is 6.60. The summed E-state index contributed by atoms with van der Waals surface area (Å²) in [7, 11) is 0. The number of thioether (sulfide) groups is 1. The molecule has 0 saturated heterocycles. The predicted octanol–water partition coefficient (Wildman–Crippen LogP) is 6.81. The Kier molecular flexibility index (Phi) is 6.77. The minimum Gasteiger partial charge on any atom is -0.482 e. The topological polar surface area (TPSA) is 46.5 Å². The van der Waals surface area contributed by atoms with Gasteiger partial charge >= 0.3 is 12.1 Å². The van der Waals surface area contributed by atoms with E-state index in [1.54, 1.807) is 17.8 Å². The van der Waals surface area contributed by atoms with Crippen LogP contribution in [0.15, 0.2) is 47.4 Å². The van der Waals surface area contributed by atoms with Crippen LogP contribution in [0.3, 0.4) is 0 Å². The van der Waals surface area contributed by atoms with Gasteiger partial charge in [-0.25, -0.2) is 4.79 Å². The molecule has 1 N–H and O–H groups in total. The van der Waals surface area contributed by atoms with E-state index in [-0.39, 0.29) is 6.61 Å². The molecule has 0 aliphatic heterocycles. The van der Waals surface area contributed by atoms with E-state index in [2.05, 4.69) is 0 Å². The highest BCUT2D eigenvalue weighted by molar-refractivity contribution is 7.99. The van der Waals surface area contributed by atoms with Crippen LogP contribution in [0.4, 0.5) is 13.2 Å². The lowest BCUT2D eigenvalue weighted by atomic mass is 10.1. The van der Waals surface area contributed by atoms with Crippen molar-refractivity contribution in [2.45, 2.75) is 24.9 Å². The quantitative estimate of drug-likeness (QED) is 0.400. The maximum Gasteiger partial charge on any atom is 0.416 e. The molecule has 0 fully saturated rings. The fourth-order valence-electron chi connectivity index (χ4n) is 2.89. The highest BCUT2D eigenvalue weighted by Gasteiger charge is 2.30. The first-order chi connectivity index (χ1) is 14.1. The number of hydrogen-bond donors (Lipinski definition) is 1. The molecule has 1 aromatic heterocycles. The number of carboxylic acid groups (broad SMARTS) is 1. The molecule has 0 amide bonds. The molecular weight excluding hydrogens is 433 g/mol. The standard InChI is InChI=1S/C22H19F3O3S2/c1-13-10-16(6-7-18(13)28-12-21(26)27)29-9-3-4-19-14(2)17-11-15(22(23,24)25)5-8-20(17)30-19/h3-8,10-11H,9,12H2,1-2H3,(H,26,27)/b4-3+. The smallest absolute Gasteiger partial charge is 0.416 e. The number of alkyl halides is 3. The number of aryl methyl sites for hydroxylation is 2. The second-order valence-corrected chi connectivity index (χ2v) is 8.80. The summed E-state index contributed by atoms with van der Waals surface area (Å²) in [5.41, 5.74) is 1.07. The van der Waals surface area contributed by atoms with Crippen molar-refractivity contribution in [3.05, 3.63) is 64.0 Å². The summed E-state index contributed by atoms with van der Waals surface area (Å²) in [6, 6.07) is 9.40. The normalized spacial score (nSPS) is 12.0. The van der Waals surface area contributed by atoms with Crippen molar-refractivity contribution in [3.8, 4) is 5.75 Å². The zero-order valence-electron chi connectivity index (χ0n) is 16.2. The first-order valence-electron chi connectivity index (χ1n) is 9.00. The Morgan fingerprint density at radius 3 is 2.63 bits per heavy atom. The average molecular weight is 453 g/mol. The molecular formula is C22H19F3O3S2. The van der Waals surface area contributed by atoms with E-state index < -0.39 is 17.7 Å². The Labute approximate surface area is 180 Å². The Balaban J connectivity index is 1.65. The van der Waals surface area contributed by atoms with Crippen LogP contribution >= 0.6 is 23.1 Å². The molecule has 0 saturated carbocycles. The molecule has 3 nitrogen and oxygen atoms in total. The van der Waals surface area contributed by atoms with Gasteiger partial charge in [-0.1, -0.05) is 6.08 Å². The van der Waals surface area contributed by atoms with E-state index in [1.165, 1.54) is 23.5 Å². The molecule has 0 spiro atoms. The summed E-state index contributed by atoms with van der Waals surface area (Å²) in [6.07, 6.45) is -0.420. The predicted molar refractivity (Wildman–Crippen MR) is 116 cm³/mol. The minimum atomic E-state index is -4.35. The molecule has 0 aliphatic carbocycles. The lowest BCUT2D eigenvalue weighted by Crippen LogP contribution is -2.09. The van der Waals surface area contributed by atoms with Crippen molar-refractivity contribution in [1.82, 2.24) is 0 Å². The SMILES string of the molecule is Cc1cc(SC/C=C/c2sc3ccc(C(F)(F)F)cc3c2C)ccc1OCC(=O)O. The molecule has 8 heteroatoms. The van der Waals surface area contributed by atoms with Crippen molar-refractivity contribution in [3.63, 3.8) is 0 Å². The van der Waals surface area contributed by atoms with Crippen molar-refractivity contribution in [2.75, 3.05) is 12.4 Å². The summed E-state index contributed by atoms with van der Waals surface area (Å²) >= 11 is 3.08. The summed E-state index contributed by atoms with van der Waals surface area (Å²) in [4.78, 5) is 12.6. The number of hydrogen-bond acceptors (Lipinski definition) is 4. The molecule has 0 atom stereocenters. The Morgan fingerprint density at radius 1 is 1.20 bits per heavy atom. The summed E-state index contributed by atoms with van der Waals surface area (Å²) in [5, 5.41) is 9.32. The van der Waals surface area contributed by atoms with Crippen LogP contribution < -0.4 is 4.74 Å². The molecule has 158 valence electrons. The molecule has 2 aromatic carbocycles. The van der Waals surface area contributed by atoms with E-state index in [0.29, 0.717) is 16.9 Å². The lowest BCUT2D eigenvalue weighted by molar-refractivity contribution is -0.139. The number of halogens is 3. The van der Waals surface area contributed by atoms with Crippen molar-refractivity contribution < 1.29 is 27.8 Å². The van der Waals surface area contributed by atoms with Gasteiger partial charge < -0.3 is 9.84 Å².